The van der Waals surface area contributed by atoms with Crippen molar-refractivity contribution < 1.29 is 9.53 Å². The van der Waals surface area contributed by atoms with Gasteiger partial charge in [-0.1, -0.05) is 24.3 Å². The first-order valence-corrected chi connectivity index (χ1v) is 10.1. The van der Waals surface area contributed by atoms with E-state index in [0.29, 0.717) is 13.2 Å². The molecule has 1 aliphatic heterocycles. The zero-order chi connectivity index (χ0) is 18.9. The molecular weight excluding hydrogens is 336 g/mol. The Labute approximate surface area is 162 Å². The highest BCUT2D eigenvalue weighted by Gasteiger charge is 2.12. The molecule has 1 heterocycles. The number of nitrogens with one attached hydrogen (secondary N) is 1. The van der Waals surface area contributed by atoms with Crippen molar-refractivity contribution in [1.29, 1.82) is 0 Å². The Morgan fingerprint density at radius 2 is 1.67 bits per heavy atom. The summed E-state index contributed by atoms with van der Waals surface area (Å²) in [5, 5.41) is 3.02. The fourth-order valence-electron chi connectivity index (χ4n) is 3.48. The number of hydrogen-bond acceptors (Lipinski definition) is 3. The van der Waals surface area contributed by atoms with Crippen LogP contribution >= 0.6 is 0 Å². The van der Waals surface area contributed by atoms with Gasteiger partial charge in [0.2, 0.25) is 0 Å². The van der Waals surface area contributed by atoms with Gasteiger partial charge in [0.25, 0.3) is 5.91 Å². The van der Waals surface area contributed by atoms with Crippen molar-refractivity contribution in [3.8, 4) is 5.75 Å². The smallest absolute Gasteiger partial charge is 0.251 e. The first kappa shape index (κ1) is 19.4. The topological polar surface area (TPSA) is 41.6 Å². The molecule has 0 aromatic heterocycles. The summed E-state index contributed by atoms with van der Waals surface area (Å²) in [7, 11) is 0. The summed E-state index contributed by atoms with van der Waals surface area (Å²) < 4.78 is 5.45. The number of amides is 1. The Hall–Kier alpha value is -2.33. The summed E-state index contributed by atoms with van der Waals surface area (Å²) >= 11 is 0. The number of rotatable bonds is 9. The summed E-state index contributed by atoms with van der Waals surface area (Å²) in [6, 6.07) is 16.2. The van der Waals surface area contributed by atoms with Crippen molar-refractivity contribution in [3.63, 3.8) is 0 Å². The van der Waals surface area contributed by atoms with Crippen LogP contribution in [0.1, 0.15) is 47.7 Å². The van der Waals surface area contributed by atoms with Crippen molar-refractivity contribution in [1.82, 2.24) is 10.2 Å². The van der Waals surface area contributed by atoms with E-state index in [9.17, 15) is 4.79 Å². The second-order valence-corrected chi connectivity index (χ2v) is 7.12. The van der Waals surface area contributed by atoms with E-state index in [1.165, 1.54) is 37.1 Å². The zero-order valence-corrected chi connectivity index (χ0v) is 16.2. The summed E-state index contributed by atoms with van der Waals surface area (Å²) in [5.41, 5.74) is 3.28. The summed E-state index contributed by atoms with van der Waals surface area (Å²) in [5.74, 6) is 0.914. The van der Waals surface area contributed by atoms with Gasteiger partial charge in [-0.2, -0.15) is 0 Å². The highest BCUT2D eigenvalue weighted by molar-refractivity contribution is 5.94. The molecule has 0 unspecified atom stereocenters. The monoisotopic (exact) mass is 366 g/mol. The van der Waals surface area contributed by atoms with Gasteiger partial charge in [-0.3, -0.25) is 9.69 Å². The van der Waals surface area contributed by atoms with Crippen LogP contribution in [0.4, 0.5) is 0 Å². The van der Waals surface area contributed by atoms with E-state index in [1.807, 2.05) is 31.2 Å². The molecule has 1 fully saturated rings. The third kappa shape index (κ3) is 6.10. The molecule has 0 bridgehead atoms. The third-order valence-electron chi connectivity index (χ3n) is 4.98. The molecule has 1 aliphatic rings. The van der Waals surface area contributed by atoms with Crippen molar-refractivity contribution in [2.45, 2.75) is 39.2 Å². The van der Waals surface area contributed by atoms with Crippen LogP contribution < -0.4 is 10.1 Å². The Bertz CT molecular complexity index is 704. The Kier molecular flexibility index (Phi) is 7.28. The van der Waals surface area contributed by atoms with Crippen LogP contribution in [0.15, 0.2) is 48.5 Å². The van der Waals surface area contributed by atoms with Crippen LogP contribution in [0.2, 0.25) is 0 Å². The molecule has 4 heteroatoms. The minimum Gasteiger partial charge on any atom is -0.494 e. The lowest BCUT2D eigenvalue weighted by atomic mass is 10.1. The second-order valence-electron chi connectivity index (χ2n) is 7.12. The molecular formula is C23H30N2O2. The van der Waals surface area contributed by atoms with Crippen molar-refractivity contribution >= 4 is 5.91 Å². The van der Waals surface area contributed by atoms with Crippen LogP contribution in [0.25, 0.3) is 0 Å². The molecule has 1 amide bonds. The number of nitrogens with zero attached hydrogens (tertiary/aromatic N) is 1. The standard InChI is InChI=1S/C23H30N2O2/c1-2-27-22-13-9-19(10-14-22)6-5-15-24-23(26)21-11-7-20(8-12-21)18-25-16-3-4-17-25/h7-14H,2-6,15-18H2,1H3,(H,24,26). The average Bonchev–Trinajstić information content (AvgIpc) is 3.20. The second kappa shape index (κ2) is 10.1. The SMILES string of the molecule is CCOc1ccc(CCCNC(=O)c2ccc(CN3CCCC3)cc2)cc1. The van der Waals surface area contributed by atoms with E-state index in [-0.39, 0.29) is 5.91 Å². The molecule has 0 spiro atoms. The fourth-order valence-corrected chi connectivity index (χ4v) is 3.48. The number of aryl methyl sites for hydroxylation is 1. The molecule has 0 aliphatic carbocycles. The average molecular weight is 367 g/mol. The molecule has 0 saturated carbocycles. The van der Waals surface area contributed by atoms with Crippen molar-refractivity contribution in [3.05, 3.63) is 65.2 Å². The van der Waals surface area contributed by atoms with Crippen LogP contribution in [0.5, 0.6) is 5.75 Å². The van der Waals surface area contributed by atoms with Crippen molar-refractivity contribution in [2.75, 3.05) is 26.2 Å². The molecule has 27 heavy (non-hydrogen) atoms. The van der Waals surface area contributed by atoms with Gasteiger partial charge >= 0.3 is 0 Å². The predicted molar refractivity (Wildman–Crippen MR) is 109 cm³/mol. The van der Waals surface area contributed by atoms with Crippen LogP contribution in [0.3, 0.4) is 0 Å². The molecule has 4 nitrogen and oxygen atoms in total. The summed E-state index contributed by atoms with van der Waals surface area (Å²) in [4.78, 5) is 14.8. The fraction of sp³-hybridized carbons (Fsp3) is 0.435. The molecule has 2 aromatic carbocycles. The molecule has 3 rings (SSSR count). The first-order valence-electron chi connectivity index (χ1n) is 10.1. The van der Waals surface area contributed by atoms with E-state index in [1.54, 1.807) is 0 Å². The van der Waals surface area contributed by atoms with Gasteiger partial charge in [-0.05, 0) is 81.1 Å². The maximum Gasteiger partial charge on any atom is 0.251 e. The Morgan fingerprint density at radius 3 is 2.33 bits per heavy atom. The molecule has 144 valence electrons. The van der Waals surface area contributed by atoms with Crippen LogP contribution in [-0.2, 0) is 13.0 Å². The Balaban J connectivity index is 1.38. The van der Waals surface area contributed by atoms with Gasteiger partial charge in [0.05, 0.1) is 6.61 Å². The zero-order valence-electron chi connectivity index (χ0n) is 16.2. The number of benzene rings is 2. The van der Waals surface area contributed by atoms with Gasteiger partial charge in [0, 0.05) is 18.7 Å². The highest BCUT2D eigenvalue weighted by Crippen LogP contribution is 2.14. The van der Waals surface area contributed by atoms with E-state index in [4.69, 9.17) is 4.74 Å². The van der Waals surface area contributed by atoms with E-state index in [2.05, 4.69) is 34.5 Å². The third-order valence-corrected chi connectivity index (χ3v) is 4.98. The predicted octanol–water partition coefficient (Wildman–Crippen LogP) is 4.04. The van der Waals surface area contributed by atoms with Gasteiger partial charge < -0.3 is 10.1 Å². The Morgan fingerprint density at radius 1 is 1.00 bits per heavy atom. The highest BCUT2D eigenvalue weighted by atomic mass is 16.5. The largest absolute Gasteiger partial charge is 0.494 e. The molecule has 1 N–H and O–H groups in total. The minimum atomic E-state index is 0.00872. The van der Waals surface area contributed by atoms with Crippen LogP contribution in [-0.4, -0.2) is 37.0 Å². The lowest BCUT2D eigenvalue weighted by Gasteiger charge is -2.14. The summed E-state index contributed by atoms with van der Waals surface area (Å²) in [6.07, 6.45) is 4.47. The number of ether oxygens (including phenoxy) is 1. The van der Waals surface area contributed by atoms with Crippen molar-refractivity contribution in [2.24, 2.45) is 0 Å². The maximum atomic E-state index is 12.3. The van der Waals surface area contributed by atoms with E-state index in [0.717, 1.165) is 30.7 Å². The maximum absolute atomic E-state index is 12.3. The first-order chi connectivity index (χ1) is 13.2. The number of carbonyl (C=O) groups is 1. The molecule has 0 radical (unpaired) electrons. The number of likely N-dealkylation sites (tertiary alicyclic amines) is 1. The summed E-state index contributed by atoms with van der Waals surface area (Å²) in [6.45, 7) is 6.72. The van der Waals surface area contributed by atoms with Crippen LogP contribution in [0, 0.1) is 0 Å². The van der Waals surface area contributed by atoms with Gasteiger partial charge in [0.1, 0.15) is 5.75 Å². The normalized spacial score (nSPS) is 14.3. The number of carbonyl (C=O) groups excluding carboxylic acids is 1. The lowest BCUT2D eigenvalue weighted by Crippen LogP contribution is -2.25. The quantitative estimate of drug-likeness (QED) is 0.681. The number of hydrogen-bond donors (Lipinski definition) is 1. The minimum absolute atomic E-state index is 0.00872. The van der Waals surface area contributed by atoms with E-state index < -0.39 is 0 Å². The van der Waals surface area contributed by atoms with Gasteiger partial charge in [-0.15, -0.1) is 0 Å². The van der Waals surface area contributed by atoms with E-state index >= 15 is 0 Å². The lowest BCUT2D eigenvalue weighted by molar-refractivity contribution is 0.0953. The van der Waals surface area contributed by atoms with Gasteiger partial charge in [-0.25, -0.2) is 0 Å². The molecule has 2 aromatic rings. The van der Waals surface area contributed by atoms with Gasteiger partial charge in [0.15, 0.2) is 0 Å². The molecule has 0 atom stereocenters. The molecule has 1 saturated heterocycles.